The molecule has 1 atom stereocenters. The maximum absolute atomic E-state index is 13.5. The Morgan fingerprint density at radius 3 is 2.38 bits per heavy atom. The number of benzene rings is 2. The summed E-state index contributed by atoms with van der Waals surface area (Å²) in [5.41, 5.74) is 2.07. The zero-order chi connectivity index (χ0) is 22.9. The van der Waals surface area contributed by atoms with Crippen LogP contribution >= 0.6 is 11.6 Å². The fourth-order valence-electron chi connectivity index (χ4n) is 3.94. The zero-order valence-corrected chi connectivity index (χ0v) is 19.8. The van der Waals surface area contributed by atoms with Crippen molar-refractivity contribution >= 4 is 33.2 Å². The first kappa shape index (κ1) is 23.0. The van der Waals surface area contributed by atoms with Crippen LogP contribution in [0.1, 0.15) is 34.8 Å². The summed E-state index contributed by atoms with van der Waals surface area (Å²) in [6, 6.07) is 12.1. The molecule has 2 aliphatic rings. The number of nitrogens with zero attached hydrogens (tertiary/aromatic N) is 2. The lowest BCUT2D eigenvalue weighted by atomic mass is 10.0. The summed E-state index contributed by atoms with van der Waals surface area (Å²) < 4.78 is 32.1. The SMILES string of the molecule is CN(C)S(=O)(=O)c1ccc(N2CCOCC2)c(C(=O)N[C@H](c2ccc(Cl)cc2)C2CC2)c1. The second-order valence-electron chi connectivity index (χ2n) is 8.41. The van der Waals surface area contributed by atoms with Crippen molar-refractivity contribution in [3.63, 3.8) is 0 Å². The highest BCUT2D eigenvalue weighted by molar-refractivity contribution is 7.89. The second kappa shape index (κ2) is 9.39. The average Bonchev–Trinajstić information content (AvgIpc) is 3.63. The van der Waals surface area contributed by atoms with Gasteiger partial charge in [0.15, 0.2) is 0 Å². The molecule has 2 aromatic rings. The Morgan fingerprint density at radius 1 is 1.12 bits per heavy atom. The third-order valence-electron chi connectivity index (χ3n) is 5.95. The molecule has 0 aromatic heterocycles. The van der Waals surface area contributed by atoms with Gasteiger partial charge in [0.2, 0.25) is 10.0 Å². The number of carbonyl (C=O) groups excluding carboxylic acids is 1. The molecular formula is C23H28ClN3O4S. The van der Waals surface area contributed by atoms with Gasteiger partial charge in [0.25, 0.3) is 5.91 Å². The smallest absolute Gasteiger partial charge is 0.253 e. The number of hydrogen-bond donors (Lipinski definition) is 1. The number of anilines is 1. The van der Waals surface area contributed by atoms with Crippen LogP contribution in [0.3, 0.4) is 0 Å². The maximum atomic E-state index is 13.5. The summed E-state index contributed by atoms with van der Waals surface area (Å²) in [7, 11) is -0.713. The van der Waals surface area contributed by atoms with Crippen LogP contribution in [0.15, 0.2) is 47.4 Å². The average molecular weight is 478 g/mol. The Kier molecular flexibility index (Phi) is 6.76. The number of ether oxygens (including phenoxy) is 1. The summed E-state index contributed by atoms with van der Waals surface area (Å²) in [4.78, 5) is 15.7. The molecule has 4 rings (SSSR count). The topological polar surface area (TPSA) is 79.0 Å². The molecule has 0 spiro atoms. The number of amides is 1. The molecule has 1 saturated heterocycles. The van der Waals surface area contributed by atoms with Gasteiger partial charge >= 0.3 is 0 Å². The maximum Gasteiger partial charge on any atom is 0.253 e. The van der Waals surface area contributed by atoms with Crippen molar-refractivity contribution in [1.82, 2.24) is 9.62 Å². The molecule has 1 aliphatic carbocycles. The molecule has 2 aromatic carbocycles. The van der Waals surface area contributed by atoms with Crippen molar-refractivity contribution in [2.75, 3.05) is 45.3 Å². The Bertz CT molecular complexity index is 1080. The van der Waals surface area contributed by atoms with E-state index in [0.29, 0.717) is 48.5 Å². The van der Waals surface area contributed by atoms with Gasteiger partial charge in [-0.3, -0.25) is 4.79 Å². The number of carbonyl (C=O) groups is 1. The molecular weight excluding hydrogens is 450 g/mol. The van der Waals surface area contributed by atoms with Crippen LogP contribution in [-0.2, 0) is 14.8 Å². The Hall–Kier alpha value is -2.13. The van der Waals surface area contributed by atoms with E-state index in [4.69, 9.17) is 16.3 Å². The van der Waals surface area contributed by atoms with Gasteiger partial charge in [-0.05, 0) is 54.7 Å². The van der Waals surface area contributed by atoms with Gasteiger partial charge in [0, 0.05) is 37.9 Å². The van der Waals surface area contributed by atoms with E-state index in [2.05, 4.69) is 10.2 Å². The number of nitrogens with one attached hydrogen (secondary N) is 1. The highest BCUT2D eigenvalue weighted by Crippen LogP contribution is 2.41. The van der Waals surface area contributed by atoms with Crippen LogP contribution < -0.4 is 10.2 Å². The van der Waals surface area contributed by atoms with E-state index in [0.717, 1.165) is 22.7 Å². The van der Waals surface area contributed by atoms with Crippen molar-refractivity contribution in [2.24, 2.45) is 5.92 Å². The minimum atomic E-state index is -3.67. The summed E-state index contributed by atoms with van der Waals surface area (Å²) >= 11 is 6.04. The van der Waals surface area contributed by atoms with Crippen LogP contribution in [-0.4, -0.2) is 59.0 Å². The number of morpholine rings is 1. The minimum Gasteiger partial charge on any atom is -0.378 e. The van der Waals surface area contributed by atoms with Crippen LogP contribution in [0.5, 0.6) is 0 Å². The second-order valence-corrected chi connectivity index (χ2v) is 11.0. The Balaban J connectivity index is 1.70. The first-order valence-electron chi connectivity index (χ1n) is 10.7. The monoisotopic (exact) mass is 477 g/mol. The van der Waals surface area contributed by atoms with Crippen molar-refractivity contribution in [2.45, 2.75) is 23.8 Å². The molecule has 7 nitrogen and oxygen atoms in total. The standard InChI is InChI=1S/C23H28ClN3O4S/c1-26(2)32(29,30)19-9-10-21(27-11-13-31-14-12-27)20(15-19)23(28)25-22(16-3-4-16)17-5-7-18(24)8-6-17/h5-10,15-16,22H,3-4,11-14H2,1-2H3,(H,25,28)/t22-/m0/s1. The molecule has 0 radical (unpaired) electrons. The first-order chi connectivity index (χ1) is 15.3. The normalized spacial score (nSPS) is 17.9. The van der Waals surface area contributed by atoms with Crippen LogP contribution in [0.2, 0.25) is 5.02 Å². The molecule has 9 heteroatoms. The molecule has 1 aliphatic heterocycles. The number of sulfonamides is 1. The van der Waals surface area contributed by atoms with E-state index >= 15 is 0 Å². The van der Waals surface area contributed by atoms with E-state index in [1.807, 2.05) is 24.3 Å². The summed E-state index contributed by atoms with van der Waals surface area (Å²) in [6.45, 7) is 2.41. The molecule has 32 heavy (non-hydrogen) atoms. The summed E-state index contributed by atoms with van der Waals surface area (Å²) in [6.07, 6.45) is 2.08. The van der Waals surface area contributed by atoms with Gasteiger partial charge in [-0.25, -0.2) is 12.7 Å². The fourth-order valence-corrected chi connectivity index (χ4v) is 4.99. The largest absolute Gasteiger partial charge is 0.378 e. The fraction of sp³-hybridized carbons (Fsp3) is 0.435. The highest BCUT2D eigenvalue weighted by atomic mass is 35.5. The van der Waals surface area contributed by atoms with Crippen molar-refractivity contribution in [3.8, 4) is 0 Å². The highest BCUT2D eigenvalue weighted by Gasteiger charge is 2.34. The van der Waals surface area contributed by atoms with E-state index < -0.39 is 10.0 Å². The van der Waals surface area contributed by atoms with Gasteiger partial charge in [0.1, 0.15) is 0 Å². The van der Waals surface area contributed by atoms with Crippen LogP contribution in [0.25, 0.3) is 0 Å². The first-order valence-corrected chi connectivity index (χ1v) is 12.5. The van der Waals surface area contributed by atoms with E-state index in [1.54, 1.807) is 12.1 Å². The summed E-state index contributed by atoms with van der Waals surface area (Å²) in [5.74, 6) is 0.0785. The van der Waals surface area contributed by atoms with Gasteiger partial charge in [0.05, 0.1) is 29.7 Å². The molecule has 1 heterocycles. The zero-order valence-electron chi connectivity index (χ0n) is 18.3. The van der Waals surface area contributed by atoms with Crippen LogP contribution in [0.4, 0.5) is 5.69 Å². The lowest BCUT2D eigenvalue weighted by Gasteiger charge is -2.31. The summed E-state index contributed by atoms with van der Waals surface area (Å²) in [5, 5.41) is 3.81. The van der Waals surface area contributed by atoms with Gasteiger partial charge < -0.3 is 15.0 Å². The third-order valence-corrected chi connectivity index (χ3v) is 8.02. The van der Waals surface area contributed by atoms with E-state index in [-0.39, 0.29) is 16.8 Å². The molecule has 1 amide bonds. The third kappa shape index (κ3) is 4.93. The predicted molar refractivity (Wildman–Crippen MR) is 125 cm³/mol. The Morgan fingerprint density at radius 2 is 1.78 bits per heavy atom. The van der Waals surface area contributed by atoms with Crippen molar-refractivity contribution in [3.05, 3.63) is 58.6 Å². The Labute approximate surface area is 194 Å². The van der Waals surface area contributed by atoms with Gasteiger partial charge in [-0.2, -0.15) is 0 Å². The van der Waals surface area contributed by atoms with Crippen molar-refractivity contribution in [1.29, 1.82) is 0 Å². The number of halogens is 1. The van der Waals surface area contributed by atoms with E-state index in [9.17, 15) is 13.2 Å². The molecule has 1 N–H and O–H groups in total. The molecule has 2 fully saturated rings. The molecule has 172 valence electrons. The molecule has 0 bridgehead atoms. The molecule has 1 saturated carbocycles. The minimum absolute atomic E-state index is 0.0964. The lowest BCUT2D eigenvalue weighted by molar-refractivity contribution is 0.0930. The van der Waals surface area contributed by atoms with Crippen molar-refractivity contribution < 1.29 is 17.9 Å². The van der Waals surface area contributed by atoms with Crippen LogP contribution in [0, 0.1) is 5.92 Å². The number of hydrogen-bond acceptors (Lipinski definition) is 5. The van der Waals surface area contributed by atoms with E-state index in [1.165, 1.54) is 20.2 Å². The quantitative estimate of drug-likeness (QED) is 0.661. The molecule has 0 unspecified atom stereocenters. The van der Waals surface area contributed by atoms with Gasteiger partial charge in [-0.1, -0.05) is 23.7 Å². The predicted octanol–water partition coefficient (Wildman–Crippen LogP) is 3.31. The number of rotatable bonds is 7. The van der Waals surface area contributed by atoms with Gasteiger partial charge in [-0.15, -0.1) is 0 Å². The lowest BCUT2D eigenvalue weighted by Crippen LogP contribution is -2.38.